The summed E-state index contributed by atoms with van der Waals surface area (Å²) in [6, 6.07) is 0. The van der Waals surface area contributed by atoms with E-state index < -0.39 is 0 Å². The summed E-state index contributed by atoms with van der Waals surface area (Å²) in [5.41, 5.74) is 0.317. The van der Waals surface area contributed by atoms with Crippen LogP contribution in [0.2, 0.25) is 13.1 Å². The molecule has 0 aliphatic carbocycles. The van der Waals surface area contributed by atoms with Crippen LogP contribution in [0, 0.1) is 0 Å². The van der Waals surface area contributed by atoms with E-state index in [2.05, 4.69) is 38.8 Å². The molecule has 0 aromatic heterocycles. The molecule has 69 valence electrons. The maximum Gasteiger partial charge on any atom is 0.127 e. The van der Waals surface area contributed by atoms with Gasteiger partial charge in [0.1, 0.15) is 8.96 Å². The Kier molecular flexibility index (Phi) is 19.9. The Labute approximate surface area is 99.5 Å². The molecule has 0 saturated heterocycles. The Morgan fingerprint density at radius 2 is 1.27 bits per heavy atom. The van der Waals surface area contributed by atoms with Crippen LogP contribution in [0.4, 0.5) is 0 Å². The zero-order chi connectivity index (χ0) is 6.78. The Hall–Kier alpha value is 1.47. The minimum atomic E-state index is -0.242. The maximum atomic E-state index is 3.48. The number of halogens is 2. The maximum absolute atomic E-state index is 3.48. The van der Waals surface area contributed by atoms with Gasteiger partial charge in [-0.1, -0.05) is 13.1 Å². The predicted octanol–water partition coefficient (Wildman–Crippen LogP) is 2.47. The molecule has 1 nitrogen and oxygen atoms in total. The molecular weight excluding hydrogens is 233 g/mol. The van der Waals surface area contributed by atoms with E-state index in [1.165, 1.54) is 0 Å². The normalized spacial score (nSPS) is 9.27. The summed E-state index contributed by atoms with van der Waals surface area (Å²) in [5.74, 6) is 0. The van der Waals surface area contributed by atoms with Gasteiger partial charge < -0.3 is 4.98 Å². The molecule has 0 saturated carbocycles. The van der Waals surface area contributed by atoms with Crippen LogP contribution in [0.1, 0.15) is 20.8 Å². The van der Waals surface area contributed by atoms with Crippen molar-refractivity contribution in [3.63, 3.8) is 0 Å². The molecule has 1 radical (unpaired) electrons. The molecule has 0 aromatic carbocycles. The molecule has 0 aromatic rings. The van der Waals surface area contributed by atoms with Crippen molar-refractivity contribution in [2.45, 2.75) is 39.4 Å². The molecule has 0 atom stereocenters. The molecule has 0 aliphatic heterocycles. The smallest absolute Gasteiger partial charge is 0.127 e. The van der Waals surface area contributed by atoms with E-state index >= 15 is 0 Å². The van der Waals surface area contributed by atoms with Gasteiger partial charge in [-0.05, 0) is 20.8 Å². The second-order valence-electron chi connectivity index (χ2n) is 3.38. The molecule has 0 fully saturated rings. The summed E-state index contributed by atoms with van der Waals surface area (Å²) in [5, 5.41) is 0. The average Bonchev–Trinajstić information content (AvgIpc) is 1.21. The van der Waals surface area contributed by atoms with Crippen molar-refractivity contribution in [2.24, 2.45) is 0 Å². The van der Waals surface area contributed by atoms with E-state index in [4.69, 9.17) is 0 Å². The first kappa shape index (κ1) is 22.9. The van der Waals surface area contributed by atoms with Gasteiger partial charge in [0.15, 0.2) is 0 Å². The zero-order valence-corrected chi connectivity index (χ0v) is 12.0. The average molecular weight is 251 g/mol. The molecule has 0 aliphatic rings. The summed E-state index contributed by atoms with van der Waals surface area (Å²) >= 11 is 0. The van der Waals surface area contributed by atoms with Gasteiger partial charge in [0.2, 0.25) is 0 Å². The number of nitrogens with one attached hydrogen (secondary N) is 1. The third kappa shape index (κ3) is 24.6. The minimum Gasteiger partial charge on any atom is -0.334 e. The van der Waals surface area contributed by atoms with Crippen LogP contribution in [0.5, 0.6) is 0 Å². The summed E-state index contributed by atoms with van der Waals surface area (Å²) in [6.45, 7) is 11.1. The Morgan fingerprint density at radius 1 is 1.00 bits per heavy atom. The van der Waals surface area contributed by atoms with Crippen molar-refractivity contribution in [3.05, 3.63) is 0 Å². The van der Waals surface area contributed by atoms with Crippen LogP contribution >= 0.6 is 24.8 Å². The zero-order valence-electron chi connectivity index (χ0n) is 7.82. The molecule has 11 heavy (non-hydrogen) atoms. The second kappa shape index (κ2) is 9.56. The fourth-order valence-electron chi connectivity index (χ4n) is 0.750. The molecule has 0 bridgehead atoms. The van der Waals surface area contributed by atoms with Gasteiger partial charge in [0.05, 0.1) is 0 Å². The quantitative estimate of drug-likeness (QED) is 0.706. The number of hydrogen-bond donors (Lipinski definition) is 1. The van der Waals surface area contributed by atoms with Crippen molar-refractivity contribution >= 4 is 33.8 Å². The molecule has 0 heterocycles. The third-order valence-corrected chi connectivity index (χ3v) is 1.88. The Balaban J connectivity index is -0.0000000817. The summed E-state index contributed by atoms with van der Waals surface area (Å²) in [4.78, 5) is 3.48. The monoisotopic (exact) mass is 250 g/mol. The largest absolute Gasteiger partial charge is 0.334 e. The minimum absolute atomic E-state index is 0. The van der Waals surface area contributed by atoms with Gasteiger partial charge in [0.25, 0.3) is 0 Å². The van der Waals surface area contributed by atoms with Gasteiger partial charge in [-0.15, -0.1) is 24.8 Å². The van der Waals surface area contributed by atoms with E-state index in [-0.39, 0.29) is 55.5 Å². The van der Waals surface area contributed by atoms with Gasteiger partial charge in [-0.25, -0.2) is 0 Å². The van der Waals surface area contributed by atoms with Gasteiger partial charge in [-0.2, -0.15) is 0 Å². The van der Waals surface area contributed by atoms with Crippen molar-refractivity contribution in [2.75, 3.05) is 0 Å². The van der Waals surface area contributed by atoms with Gasteiger partial charge in [-0.3, -0.25) is 0 Å². The fraction of sp³-hybridized carbons (Fsp3) is 1.00. The van der Waals surface area contributed by atoms with Crippen molar-refractivity contribution in [3.8, 4) is 0 Å². The summed E-state index contributed by atoms with van der Waals surface area (Å²) < 4.78 is 0. The molecule has 5 heteroatoms. The van der Waals surface area contributed by atoms with Gasteiger partial charge >= 0.3 is 0 Å². The van der Waals surface area contributed by atoms with Crippen LogP contribution in [0.25, 0.3) is 0 Å². The van der Waals surface area contributed by atoms with E-state index in [1.807, 2.05) is 0 Å². The fourth-order valence-corrected chi connectivity index (χ4v) is 2.25. The summed E-state index contributed by atoms with van der Waals surface area (Å²) in [6.07, 6.45) is 0. The Bertz CT molecular complexity index is 75.5. The van der Waals surface area contributed by atoms with Crippen molar-refractivity contribution in [1.29, 1.82) is 0 Å². The molecule has 1 N–H and O–H groups in total. The third-order valence-electron chi connectivity index (χ3n) is 0.625. The van der Waals surface area contributed by atoms with E-state index in [0.29, 0.717) is 5.54 Å². The van der Waals surface area contributed by atoms with E-state index in [1.54, 1.807) is 0 Å². The summed E-state index contributed by atoms with van der Waals surface area (Å²) in [7, 11) is -0.242. The molecule has 0 unspecified atom stereocenters. The second-order valence-corrected chi connectivity index (χ2v) is 5.62. The van der Waals surface area contributed by atoms with Crippen molar-refractivity contribution < 1.29 is 21.7 Å². The SMILES string of the molecule is C[Si](C)NC(C)(C)C.Cl.Cl.[Ti]. The first-order valence-electron chi connectivity index (χ1n) is 3.00. The van der Waals surface area contributed by atoms with E-state index in [9.17, 15) is 0 Å². The molecule has 0 amide bonds. The topological polar surface area (TPSA) is 12.0 Å². The Morgan fingerprint density at radius 3 is 1.27 bits per heavy atom. The first-order valence-corrected chi connectivity index (χ1v) is 5.50. The van der Waals surface area contributed by atoms with Crippen LogP contribution in [-0.2, 0) is 21.7 Å². The molecular formula is C6H18Cl2NSiTi. The van der Waals surface area contributed by atoms with Crippen LogP contribution in [-0.4, -0.2) is 14.5 Å². The predicted molar refractivity (Wildman–Crippen MR) is 54.9 cm³/mol. The van der Waals surface area contributed by atoms with Crippen LogP contribution in [0.3, 0.4) is 0 Å². The van der Waals surface area contributed by atoms with Crippen LogP contribution < -0.4 is 4.98 Å². The number of hydrogen-bond acceptors (Lipinski definition) is 1. The first-order chi connectivity index (χ1) is 3.42. The van der Waals surface area contributed by atoms with Crippen LogP contribution in [0.15, 0.2) is 0 Å². The number of rotatable bonds is 1. The standard InChI is InChI=1S/C6H16NSi.2ClH.Ti/c1-6(2,3)7-8(4)5;;;/h7H,1-5H3;2*1H;. The van der Waals surface area contributed by atoms with Crippen molar-refractivity contribution in [1.82, 2.24) is 4.98 Å². The van der Waals surface area contributed by atoms with Gasteiger partial charge in [0, 0.05) is 27.3 Å². The molecule has 0 rings (SSSR count). The van der Waals surface area contributed by atoms with E-state index in [0.717, 1.165) is 0 Å². The molecule has 0 spiro atoms.